The first-order valence-electron chi connectivity index (χ1n) is 12.4. The van der Waals surface area contributed by atoms with Gasteiger partial charge in [-0.05, 0) is 75.2 Å². The summed E-state index contributed by atoms with van der Waals surface area (Å²) in [6.45, 7) is 6.97. The number of hydrogen-bond donors (Lipinski definition) is 1. The number of carbonyl (C=O) groups excluding carboxylic acids is 2. The lowest BCUT2D eigenvalue weighted by atomic mass is 10.1. The van der Waals surface area contributed by atoms with Gasteiger partial charge >= 0.3 is 0 Å². The second kappa shape index (κ2) is 12.6. The second-order valence-electron chi connectivity index (χ2n) is 9.47. The van der Waals surface area contributed by atoms with Crippen LogP contribution in [0.5, 0.6) is 11.5 Å². The second-order valence-corrected chi connectivity index (χ2v) is 11.4. The highest BCUT2D eigenvalue weighted by atomic mass is 32.2. The molecule has 0 aromatic heterocycles. The molecular formula is C29H35N3O5S. The number of sulfonamides is 1. The summed E-state index contributed by atoms with van der Waals surface area (Å²) in [7, 11) is -3.82. The van der Waals surface area contributed by atoms with Crippen LogP contribution in [0.4, 0.5) is 5.69 Å². The fourth-order valence-electron chi connectivity index (χ4n) is 3.88. The molecule has 0 aliphatic heterocycles. The third-order valence-corrected chi connectivity index (χ3v) is 7.12. The molecule has 1 unspecified atom stereocenters. The number of rotatable bonds is 11. The summed E-state index contributed by atoms with van der Waals surface area (Å²) >= 11 is 0. The summed E-state index contributed by atoms with van der Waals surface area (Å²) in [5.41, 5.74) is 2.16. The number of carbonyl (C=O) groups is 2. The molecule has 2 amide bonds. The number of ether oxygens (including phenoxy) is 1. The first-order chi connectivity index (χ1) is 18.0. The molecule has 3 aromatic rings. The van der Waals surface area contributed by atoms with Crippen molar-refractivity contribution in [3.8, 4) is 11.5 Å². The quantitative estimate of drug-likeness (QED) is 0.389. The molecule has 1 atom stereocenters. The number of anilines is 1. The van der Waals surface area contributed by atoms with E-state index in [1.807, 2.05) is 75.4 Å². The van der Waals surface area contributed by atoms with Gasteiger partial charge in [-0.25, -0.2) is 8.42 Å². The van der Waals surface area contributed by atoms with Gasteiger partial charge in [0.1, 0.15) is 24.1 Å². The first-order valence-corrected chi connectivity index (χ1v) is 14.3. The van der Waals surface area contributed by atoms with Crippen LogP contribution in [0.25, 0.3) is 0 Å². The molecular weight excluding hydrogens is 502 g/mol. The van der Waals surface area contributed by atoms with Crippen molar-refractivity contribution in [2.45, 2.75) is 46.3 Å². The molecule has 0 spiro atoms. The Morgan fingerprint density at radius 2 is 1.45 bits per heavy atom. The molecule has 0 aliphatic rings. The number of nitrogens with one attached hydrogen (secondary N) is 1. The van der Waals surface area contributed by atoms with E-state index in [1.165, 1.54) is 4.90 Å². The van der Waals surface area contributed by atoms with Crippen LogP contribution >= 0.6 is 0 Å². The molecule has 9 heteroatoms. The molecule has 1 N–H and O–H groups in total. The largest absolute Gasteiger partial charge is 0.457 e. The van der Waals surface area contributed by atoms with Crippen molar-refractivity contribution in [2.75, 3.05) is 17.1 Å². The van der Waals surface area contributed by atoms with E-state index in [0.29, 0.717) is 17.2 Å². The Morgan fingerprint density at radius 1 is 0.868 bits per heavy atom. The van der Waals surface area contributed by atoms with Crippen LogP contribution in [0.2, 0.25) is 0 Å². The third-order valence-electron chi connectivity index (χ3n) is 5.98. The minimum Gasteiger partial charge on any atom is -0.457 e. The van der Waals surface area contributed by atoms with E-state index in [1.54, 1.807) is 31.2 Å². The SMILES string of the molecule is Cc1ccccc1CN(C(=O)CN(c1ccc(Oc2ccccc2)cc1)S(C)(=O)=O)C(C)C(=O)NC(C)C. The number of amides is 2. The molecule has 3 aromatic carbocycles. The lowest BCUT2D eigenvalue weighted by Gasteiger charge is -2.32. The van der Waals surface area contributed by atoms with Gasteiger partial charge in [-0.15, -0.1) is 0 Å². The maximum atomic E-state index is 13.6. The first kappa shape index (κ1) is 28.7. The smallest absolute Gasteiger partial charge is 0.244 e. The lowest BCUT2D eigenvalue weighted by molar-refractivity contribution is -0.139. The lowest BCUT2D eigenvalue weighted by Crippen LogP contribution is -2.52. The molecule has 0 fully saturated rings. The van der Waals surface area contributed by atoms with E-state index in [4.69, 9.17) is 4.74 Å². The predicted octanol–water partition coefficient (Wildman–Crippen LogP) is 4.50. The number of benzene rings is 3. The standard InChI is InChI=1S/C29H35N3O5S/c1-21(2)30-29(34)23(4)31(19-24-12-10-9-11-22(24)3)28(33)20-32(38(5,35)36)25-15-17-27(18-16-25)37-26-13-7-6-8-14-26/h6-18,21,23H,19-20H2,1-5H3,(H,30,34). The molecule has 0 saturated heterocycles. The van der Waals surface area contributed by atoms with Crippen LogP contribution in [-0.2, 0) is 26.2 Å². The number of aryl methyl sites for hydroxylation is 1. The Labute approximate surface area is 225 Å². The van der Waals surface area contributed by atoms with E-state index >= 15 is 0 Å². The van der Waals surface area contributed by atoms with Crippen molar-refractivity contribution < 1.29 is 22.7 Å². The number of para-hydroxylation sites is 1. The zero-order valence-electron chi connectivity index (χ0n) is 22.4. The van der Waals surface area contributed by atoms with Gasteiger partial charge < -0.3 is 15.0 Å². The van der Waals surface area contributed by atoms with Crippen LogP contribution in [-0.4, -0.2) is 50.0 Å². The number of nitrogens with zero attached hydrogens (tertiary/aromatic N) is 2. The summed E-state index contributed by atoms with van der Waals surface area (Å²) in [5, 5.41) is 2.84. The maximum Gasteiger partial charge on any atom is 0.244 e. The summed E-state index contributed by atoms with van der Waals surface area (Å²) in [5.74, 6) is 0.376. The Kier molecular flexibility index (Phi) is 9.52. The molecule has 0 bridgehead atoms. The van der Waals surface area contributed by atoms with Gasteiger partial charge in [0, 0.05) is 12.6 Å². The van der Waals surface area contributed by atoms with E-state index in [9.17, 15) is 18.0 Å². The van der Waals surface area contributed by atoms with Crippen molar-refractivity contribution in [2.24, 2.45) is 0 Å². The monoisotopic (exact) mass is 537 g/mol. The zero-order chi connectivity index (χ0) is 27.9. The highest BCUT2D eigenvalue weighted by Crippen LogP contribution is 2.26. The fraction of sp³-hybridized carbons (Fsp3) is 0.310. The van der Waals surface area contributed by atoms with Gasteiger partial charge in [-0.3, -0.25) is 13.9 Å². The summed E-state index contributed by atoms with van der Waals surface area (Å²) in [6, 6.07) is 22.4. The zero-order valence-corrected chi connectivity index (χ0v) is 23.2. The van der Waals surface area contributed by atoms with Gasteiger partial charge in [0.15, 0.2) is 0 Å². The normalized spacial score (nSPS) is 12.1. The van der Waals surface area contributed by atoms with Crippen LogP contribution in [0.3, 0.4) is 0 Å². The average molecular weight is 538 g/mol. The van der Waals surface area contributed by atoms with Crippen LogP contribution in [0, 0.1) is 6.92 Å². The average Bonchev–Trinajstić information content (AvgIpc) is 2.86. The number of hydrogen-bond acceptors (Lipinski definition) is 5. The third kappa shape index (κ3) is 7.82. The Hall–Kier alpha value is -3.85. The van der Waals surface area contributed by atoms with Crippen LogP contribution < -0.4 is 14.4 Å². The Bertz CT molecular complexity index is 1340. The summed E-state index contributed by atoms with van der Waals surface area (Å²) < 4.78 is 32.4. The van der Waals surface area contributed by atoms with E-state index in [2.05, 4.69) is 5.32 Å². The molecule has 0 radical (unpaired) electrons. The van der Waals surface area contributed by atoms with Gasteiger partial charge in [0.2, 0.25) is 21.8 Å². The molecule has 8 nitrogen and oxygen atoms in total. The highest BCUT2D eigenvalue weighted by Gasteiger charge is 2.30. The minimum atomic E-state index is -3.82. The van der Waals surface area contributed by atoms with Gasteiger partial charge in [-0.1, -0.05) is 42.5 Å². The minimum absolute atomic E-state index is 0.107. The van der Waals surface area contributed by atoms with Crippen molar-refractivity contribution >= 4 is 27.5 Å². The van der Waals surface area contributed by atoms with Crippen LogP contribution in [0.1, 0.15) is 31.9 Å². The molecule has 0 aliphatic carbocycles. The van der Waals surface area contributed by atoms with Crippen molar-refractivity contribution in [3.05, 3.63) is 90.0 Å². The van der Waals surface area contributed by atoms with E-state index in [-0.39, 0.29) is 18.5 Å². The summed E-state index contributed by atoms with van der Waals surface area (Å²) in [6.07, 6.45) is 1.05. The predicted molar refractivity (Wildman–Crippen MR) is 150 cm³/mol. The molecule has 3 rings (SSSR count). The van der Waals surface area contributed by atoms with E-state index in [0.717, 1.165) is 21.7 Å². The van der Waals surface area contributed by atoms with E-state index < -0.39 is 28.5 Å². The van der Waals surface area contributed by atoms with Crippen molar-refractivity contribution in [1.29, 1.82) is 0 Å². The molecule has 202 valence electrons. The highest BCUT2D eigenvalue weighted by molar-refractivity contribution is 7.92. The van der Waals surface area contributed by atoms with Gasteiger partial charge in [-0.2, -0.15) is 0 Å². The Balaban J connectivity index is 1.87. The fourth-order valence-corrected chi connectivity index (χ4v) is 4.73. The van der Waals surface area contributed by atoms with Crippen molar-refractivity contribution in [1.82, 2.24) is 10.2 Å². The van der Waals surface area contributed by atoms with Gasteiger partial charge in [0.25, 0.3) is 0 Å². The Morgan fingerprint density at radius 3 is 2.03 bits per heavy atom. The van der Waals surface area contributed by atoms with Crippen molar-refractivity contribution in [3.63, 3.8) is 0 Å². The molecule has 0 heterocycles. The van der Waals surface area contributed by atoms with Crippen LogP contribution in [0.15, 0.2) is 78.9 Å². The maximum absolute atomic E-state index is 13.6. The molecule has 0 saturated carbocycles. The summed E-state index contributed by atoms with van der Waals surface area (Å²) in [4.78, 5) is 27.9. The van der Waals surface area contributed by atoms with Gasteiger partial charge in [0.05, 0.1) is 11.9 Å². The topological polar surface area (TPSA) is 96.0 Å². The molecule has 38 heavy (non-hydrogen) atoms.